The highest BCUT2D eigenvalue weighted by Gasteiger charge is 2.25. The number of piperidine rings is 1. The molecule has 0 saturated carbocycles. The van der Waals surface area contributed by atoms with Crippen LogP contribution in [0.25, 0.3) is 11.3 Å². The highest BCUT2D eigenvalue weighted by molar-refractivity contribution is 5.78. The van der Waals surface area contributed by atoms with Crippen LogP contribution in [-0.4, -0.2) is 37.1 Å². The number of hydrogen-bond donors (Lipinski definition) is 1. The fraction of sp³-hybridized carbons (Fsp3) is 0.429. The Bertz CT molecular complexity index is 799. The van der Waals surface area contributed by atoms with E-state index in [1.165, 1.54) is 0 Å². The molecule has 2 heterocycles. The second-order valence-electron chi connectivity index (χ2n) is 7.74. The maximum absolute atomic E-state index is 12.0. The molecule has 144 valence electrons. The molecule has 6 nitrogen and oxygen atoms in total. The molecule has 3 rings (SSSR count). The first-order chi connectivity index (χ1) is 12.9. The molecule has 1 aliphatic rings. The highest BCUT2D eigenvalue weighted by atomic mass is 16.6. The van der Waals surface area contributed by atoms with Crippen LogP contribution in [0.1, 0.15) is 44.2 Å². The van der Waals surface area contributed by atoms with Gasteiger partial charge in [0.2, 0.25) is 0 Å². The van der Waals surface area contributed by atoms with E-state index in [0.29, 0.717) is 17.8 Å². The molecule has 6 heteroatoms. The Balaban J connectivity index is 1.65. The maximum Gasteiger partial charge on any atom is 0.407 e. The summed E-state index contributed by atoms with van der Waals surface area (Å²) in [6.45, 7) is 7.21. The number of hydrogen-bond acceptors (Lipinski definition) is 5. The summed E-state index contributed by atoms with van der Waals surface area (Å²) in [4.78, 5) is 25.1. The Labute approximate surface area is 159 Å². The minimum atomic E-state index is -0.493. The van der Waals surface area contributed by atoms with Crippen molar-refractivity contribution in [2.75, 3.05) is 18.0 Å². The molecule has 1 N–H and O–H groups in total. The van der Waals surface area contributed by atoms with E-state index in [0.717, 1.165) is 37.2 Å². The minimum absolute atomic E-state index is 0.105. The summed E-state index contributed by atoms with van der Waals surface area (Å²) in [6, 6.07) is 11.6. The number of nitrogens with zero attached hydrogens (tertiary/aromatic N) is 1. The number of alkyl carbamates (subject to hydrolysis) is 1. The summed E-state index contributed by atoms with van der Waals surface area (Å²) in [5, 5.41) is 2.96. The first kappa shape index (κ1) is 19.0. The molecular formula is C21H26N2O4. The lowest BCUT2D eigenvalue weighted by Crippen LogP contribution is -2.46. The SMILES string of the molecule is CC(C)(C)OC(=O)NC1CCN(c2ccccc2-c2ccc(C=O)o2)CC1. The Morgan fingerprint density at radius 1 is 1.19 bits per heavy atom. The first-order valence-corrected chi connectivity index (χ1v) is 9.24. The number of furan rings is 1. The molecular weight excluding hydrogens is 344 g/mol. The minimum Gasteiger partial charge on any atom is -0.453 e. The lowest BCUT2D eigenvalue weighted by molar-refractivity contribution is 0.0497. The molecule has 0 spiro atoms. The molecule has 1 amide bonds. The van der Waals surface area contributed by atoms with E-state index in [9.17, 15) is 9.59 Å². The van der Waals surface area contributed by atoms with E-state index in [4.69, 9.17) is 9.15 Å². The van der Waals surface area contributed by atoms with Gasteiger partial charge in [0.15, 0.2) is 12.0 Å². The Kier molecular flexibility index (Phi) is 5.54. The number of rotatable bonds is 4. The Morgan fingerprint density at radius 3 is 2.52 bits per heavy atom. The zero-order valence-corrected chi connectivity index (χ0v) is 16.0. The number of benzene rings is 1. The highest BCUT2D eigenvalue weighted by Crippen LogP contribution is 2.33. The van der Waals surface area contributed by atoms with Gasteiger partial charge in [-0.15, -0.1) is 0 Å². The van der Waals surface area contributed by atoms with E-state index in [-0.39, 0.29) is 12.1 Å². The van der Waals surface area contributed by atoms with Crippen LogP contribution < -0.4 is 10.2 Å². The predicted octanol–water partition coefficient (Wildman–Crippen LogP) is 4.25. The van der Waals surface area contributed by atoms with Gasteiger partial charge in [-0.1, -0.05) is 12.1 Å². The summed E-state index contributed by atoms with van der Waals surface area (Å²) in [5.41, 5.74) is 1.54. The van der Waals surface area contributed by atoms with Crippen LogP contribution in [0.5, 0.6) is 0 Å². The van der Waals surface area contributed by atoms with Crippen molar-refractivity contribution in [2.24, 2.45) is 0 Å². The van der Waals surface area contributed by atoms with Crippen LogP contribution in [0.15, 0.2) is 40.8 Å². The largest absolute Gasteiger partial charge is 0.453 e. The van der Waals surface area contributed by atoms with Crippen molar-refractivity contribution in [1.29, 1.82) is 0 Å². The van der Waals surface area contributed by atoms with Crippen molar-refractivity contribution in [1.82, 2.24) is 5.32 Å². The molecule has 0 unspecified atom stereocenters. The molecule has 0 atom stereocenters. The average Bonchev–Trinajstić information content (AvgIpc) is 3.10. The van der Waals surface area contributed by atoms with Gasteiger partial charge in [-0.2, -0.15) is 0 Å². The molecule has 0 bridgehead atoms. The third kappa shape index (κ3) is 4.90. The van der Waals surface area contributed by atoms with Crippen molar-refractivity contribution in [3.8, 4) is 11.3 Å². The fourth-order valence-electron chi connectivity index (χ4n) is 3.26. The summed E-state index contributed by atoms with van der Waals surface area (Å²) in [6.07, 6.45) is 2.02. The van der Waals surface area contributed by atoms with Crippen LogP contribution in [0, 0.1) is 0 Å². The van der Waals surface area contributed by atoms with Gasteiger partial charge < -0.3 is 19.4 Å². The summed E-state index contributed by atoms with van der Waals surface area (Å²) in [5.74, 6) is 1.00. The van der Waals surface area contributed by atoms with E-state index in [1.54, 1.807) is 6.07 Å². The Hall–Kier alpha value is -2.76. The zero-order valence-electron chi connectivity index (χ0n) is 16.0. The van der Waals surface area contributed by atoms with Gasteiger partial charge in [0, 0.05) is 30.4 Å². The lowest BCUT2D eigenvalue weighted by atomic mass is 10.0. The first-order valence-electron chi connectivity index (χ1n) is 9.24. The Morgan fingerprint density at radius 2 is 1.89 bits per heavy atom. The number of ether oxygens (including phenoxy) is 1. The second kappa shape index (κ2) is 7.86. The third-order valence-electron chi connectivity index (χ3n) is 4.47. The van der Waals surface area contributed by atoms with Gasteiger partial charge in [0.25, 0.3) is 0 Å². The zero-order chi connectivity index (χ0) is 19.4. The van der Waals surface area contributed by atoms with Gasteiger partial charge in [-0.25, -0.2) is 4.79 Å². The molecule has 1 saturated heterocycles. The molecule has 1 aromatic carbocycles. The summed E-state index contributed by atoms with van der Waals surface area (Å²) in [7, 11) is 0. The third-order valence-corrected chi connectivity index (χ3v) is 4.47. The van der Waals surface area contributed by atoms with Crippen LogP contribution in [-0.2, 0) is 4.74 Å². The molecule has 1 fully saturated rings. The van der Waals surface area contributed by atoms with Gasteiger partial charge in [0.1, 0.15) is 11.4 Å². The number of amides is 1. The topological polar surface area (TPSA) is 71.8 Å². The van der Waals surface area contributed by atoms with Crippen molar-refractivity contribution in [2.45, 2.75) is 45.3 Å². The predicted molar refractivity (Wildman–Crippen MR) is 104 cm³/mol. The number of anilines is 1. The molecule has 2 aromatic rings. The van der Waals surface area contributed by atoms with Crippen molar-refractivity contribution in [3.63, 3.8) is 0 Å². The summed E-state index contributed by atoms with van der Waals surface area (Å²) < 4.78 is 10.9. The van der Waals surface area contributed by atoms with Crippen LogP contribution in [0.2, 0.25) is 0 Å². The number of nitrogens with one attached hydrogen (secondary N) is 1. The standard InChI is InChI=1S/C21H26N2O4/c1-21(2,3)27-20(25)22-15-10-12-23(13-11-15)18-7-5-4-6-17(18)19-9-8-16(14-24)26-19/h4-9,14-15H,10-13H2,1-3H3,(H,22,25). The molecule has 0 radical (unpaired) electrons. The number of aldehydes is 1. The van der Waals surface area contributed by atoms with Crippen molar-refractivity contribution < 1.29 is 18.7 Å². The quantitative estimate of drug-likeness (QED) is 0.815. The van der Waals surface area contributed by atoms with E-state index >= 15 is 0 Å². The van der Waals surface area contributed by atoms with Crippen molar-refractivity contribution >= 4 is 18.1 Å². The smallest absolute Gasteiger partial charge is 0.407 e. The number of carbonyl (C=O) groups excluding carboxylic acids is 2. The monoisotopic (exact) mass is 370 g/mol. The second-order valence-corrected chi connectivity index (χ2v) is 7.74. The van der Waals surface area contributed by atoms with Gasteiger partial charge >= 0.3 is 6.09 Å². The fourth-order valence-corrected chi connectivity index (χ4v) is 3.26. The van der Waals surface area contributed by atoms with E-state index < -0.39 is 5.60 Å². The molecule has 27 heavy (non-hydrogen) atoms. The average molecular weight is 370 g/mol. The molecule has 1 aromatic heterocycles. The number of para-hydroxylation sites is 1. The summed E-state index contributed by atoms with van der Waals surface area (Å²) >= 11 is 0. The maximum atomic E-state index is 12.0. The van der Waals surface area contributed by atoms with E-state index in [2.05, 4.69) is 16.3 Å². The normalized spacial score (nSPS) is 15.4. The van der Waals surface area contributed by atoms with Gasteiger partial charge in [-0.3, -0.25) is 4.79 Å². The lowest BCUT2D eigenvalue weighted by Gasteiger charge is -2.35. The molecule has 1 aliphatic heterocycles. The van der Waals surface area contributed by atoms with Gasteiger partial charge in [0.05, 0.1) is 0 Å². The van der Waals surface area contributed by atoms with Crippen LogP contribution in [0.3, 0.4) is 0 Å². The van der Waals surface area contributed by atoms with Gasteiger partial charge in [-0.05, 0) is 57.9 Å². The number of carbonyl (C=O) groups is 2. The van der Waals surface area contributed by atoms with Crippen molar-refractivity contribution in [3.05, 3.63) is 42.2 Å². The molecule has 0 aliphatic carbocycles. The van der Waals surface area contributed by atoms with Crippen LogP contribution >= 0.6 is 0 Å². The van der Waals surface area contributed by atoms with E-state index in [1.807, 2.05) is 45.0 Å². The van der Waals surface area contributed by atoms with Crippen LogP contribution in [0.4, 0.5) is 10.5 Å².